The van der Waals surface area contributed by atoms with E-state index in [0.29, 0.717) is 25.9 Å². The minimum absolute atomic E-state index is 0.156. The number of ether oxygens (including phenoxy) is 1. The first-order valence-corrected chi connectivity index (χ1v) is 6.29. The third kappa shape index (κ3) is 2.87. The molecule has 1 heterocycles. The van der Waals surface area contributed by atoms with Gasteiger partial charge in [-0.05, 0) is 18.9 Å². The van der Waals surface area contributed by atoms with Crippen LogP contribution in [-0.2, 0) is 9.53 Å². The zero-order valence-electron chi connectivity index (χ0n) is 11.0. The lowest BCUT2D eigenvalue weighted by molar-refractivity contribution is -0.384. The molecule has 0 N–H and O–H groups in total. The predicted molar refractivity (Wildman–Crippen MR) is 70.0 cm³/mol. The Balaban J connectivity index is 2.28. The van der Waals surface area contributed by atoms with Crippen LogP contribution in [0, 0.1) is 21.8 Å². The van der Waals surface area contributed by atoms with Crippen molar-refractivity contribution in [3.05, 3.63) is 34.1 Å². The summed E-state index contributed by atoms with van der Waals surface area (Å²) in [7, 11) is 1.31. The van der Waals surface area contributed by atoms with Gasteiger partial charge in [0.2, 0.25) is 0 Å². The molecule has 0 aromatic heterocycles. The SMILES string of the molecule is COC(=O)C1CCCN(c2cc(F)ccc2[N+](=O)[O-])C1. The normalized spacial score (nSPS) is 18.7. The van der Waals surface area contributed by atoms with Gasteiger partial charge in [0.05, 0.1) is 18.0 Å². The topological polar surface area (TPSA) is 72.7 Å². The van der Waals surface area contributed by atoms with Gasteiger partial charge in [0.1, 0.15) is 11.5 Å². The van der Waals surface area contributed by atoms with E-state index in [1.54, 1.807) is 4.90 Å². The smallest absolute Gasteiger partial charge is 0.310 e. The van der Waals surface area contributed by atoms with Crippen LogP contribution in [-0.4, -0.2) is 31.1 Å². The molecule has 108 valence electrons. The Labute approximate surface area is 115 Å². The van der Waals surface area contributed by atoms with Crippen molar-refractivity contribution in [2.45, 2.75) is 12.8 Å². The van der Waals surface area contributed by atoms with Crippen molar-refractivity contribution in [1.29, 1.82) is 0 Å². The van der Waals surface area contributed by atoms with Crippen molar-refractivity contribution in [3.8, 4) is 0 Å². The van der Waals surface area contributed by atoms with Gasteiger partial charge in [0, 0.05) is 25.2 Å². The highest BCUT2D eigenvalue weighted by Crippen LogP contribution is 2.32. The fourth-order valence-corrected chi connectivity index (χ4v) is 2.46. The number of esters is 1. The van der Waals surface area contributed by atoms with E-state index in [-0.39, 0.29) is 23.3 Å². The molecule has 0 aliphatic carbocycles. The van der Waals surface area contributed by atoms with E-state index in [0.717, 1.165) is 18.2 Å². The number of halogens is 1. The first-order chi connectivity index (χ1) is 9.52. The maximum Gasteiger partial charge on any atom is 0.310 e. The third-order valence-corrected chi connectivity index (χ3v) is 3.43. The van der Waals surface area contributed by atoms with Gasteiger partial charge < -0.3 is 9.64 Å². The summed E-state index contributed by atoms with van der Waals surface area (Å²) in [6.45, 7) is 0.856. The van der Waals surface area contributed by atoms with Crippen LogP contribution in [0.1, 0.15) is 12.8 Å². The summed E-state index contributed by atoms with van der Waals surface area (Å²) >= 11 is 0. The fraction of sp³-hybridized carbons (Fsp3) is 0.462. The predicted octanol–water partition coefficient (Wildman–Crippen LogP) is 2.12. The molecule has 1 aliphatic heterocycles. The van der Waals surface area contributed by atoms with E-state index < -0.39 is 10.7 Å². The number of rotatable bonds is 3. The lowest BCUT2D eigenvalue weighted by atomic mass is 9.97. The van der Waals surface area contributed by atoms with Crippen LogP contribution < -0.4 is 4.90 Å². The molecule has 1 unspecified atom stereocenters. The van der Waals surface area contributed by atoms with Crippen molar-refractivity contribution >= 4 is 17.3 Å². The van der Waals surface area contributed by atoms with Crippen LogP contribution in [0.4, 0.5) is 15.8 Å². The quantitative estimate of drug-likeness (QED) is 0.482. The number of hydrogen-bond acceptors (Lipinski definition) is 5. The minimum atomic E-state index is -0.545. The Morgan fingerprint density at radius 2 is 2.30 bits per heavy atom. The van der Waals surface area contributed by atoms with Crippen molar-refractivity contribution in [3.63, 3.8) is 0 Å². The van der Waals surface area contributed by atoms with Gasteiger partial charge >= 0.3 is 5.97 Å². The lowest BCUT2D eigenvalue weighted by Crippen LogP contribution is -2.39. The Kier molecular flexibility index (Phi) is 4.16. The van der Waals surface area contributed by atoms with E-state index in [1.165, 1.54) is 7.11 Å². The molecule has 0 spiro atoms. The summed E-state index contributed by atoms with van der Waals surface area (Å²) in [6, 6.07) is 3.34. The van der Waals surface area contributed by atoms with Gasteiger partial charge in [-0.25, -0.2) is 4.39 Å². The molecule has 0 amide bonds. The second-order valence-electron chi connectivity index (χ2n) is 4.70. The van der Waals surface area contributed by atoms with E-state index in [9.17, 15) is 19.3 Å². The number of anilines is 1. The van der Waals surface area contributed by atoms with Gasteiger partial charge in [-0.1, -0.05) is 0 Å². The molecule has 0 saturated carbocycles. The molecule has 1 saturated heterocycles. The van der Waals surface area contributed by atoms with Crippen LogP contribution in [0.2, 0.25) is 0 Å². The number of carbonyl (C=O) groups is 1. The average molecular weight is 282 g/mol. The van der Waals surface area contributed by atoms with Crippen molar-refractivity contribution in [1.82, 2.24) is 0 Å². The van der Waals surface area contributed by atoms with Gasteiger partial charge in [0.25, 0.3) is 5.69 Å². The van der Waals surface area contributed by atoms with Crippen LogP contribution in [0.25, 0.3) is 0 Å². The van der Waals surface area contributed by atoms with Crippen LogP contribution in [0.3, 0.4) is 0 Å². The molecule has 6 nitrogen and oxygen atoms in total. The maximum absolute atomic E-state index is 13.3. The molecule has 20 heavy (non-hydrogen) atoms. The zero-order chi connectivity index (χ0) is 14.7. The second kappa shape index (κ2) is 5.85. The summed E-state index contributed by atoms with van der Waals surface area (Å²) in [5.41, 5.74) is 0.0560. The molecule has 2 rings (SSSR count). The van der Waals surface area contributed by atoms with Crippen LogP contribution >= 0.6 is 0 Å². The van der Waals surface area contributed by atoms with Crippen molar-refractivity contribution in [2.75, 3.05) is 25.1 Å². The van der Waals surface area contributed by atoms with Crippen molar-refractivity contribution < 1.29 is 18.8 Å². The van der Waals surface area contributed by atoms with E-state index in [2.05, 4.69) is 0 Å². The minimum Gasteiger partial charge on any atom is -0.469 e. The Bertz CT molecular complexity index is 535. The monoisotopic (exact) mass is 282 g/mol. The van der Waals surface area contributed by atoms with E-state index >= 15 is 0 Å². The summed E-state index contributed by atoms with van der Waals surface area (Å²) < 4.78 is 18.0. The molecule has 0 bridgehead atoms. The highest BCUT2D eigenvalue weighted by molar-refractivity contribution is 5.74. The third-order valence-electron chi connectivity index (χ3n) is 3.43. The highest BCUT2D eigenvalue weighted by Gasteiger charge is 2.30. The first kappa shape index (κ1) is 14.2. The van der Waals surface area contributed by atoms with Crippen LogP contribution in [0.5, 0.6) is 0 Å². The summed E-state index contributed by atoms with van der Waals surface area (Å²) in [5, 5.41) is 11.0. The number of benzene rings is 1. The molecule has 1 aromatic carbocycles. The second-order valence-corrected chi connectivity index (χ2v) is 4.70. The Morgan fingerprint density at radius 1 is 1.55 bits per heavy atom. The molecular weight excluding hydrogens is 267 g/mol. The highest BCUT2D eigenvalue weighted by atomic mass is 19.1. The maximum atomic E-state index is 13.3. The number of carbonyl (C=O) groups excluding carboxylic acids is 1. The van der Waals surface area contributed by atoms with E-state index in [4.69, 9.17) is 4.74 Å². The van der Waals surface area contributed by atoms with Crippen LogP contribution in [0.15, 0.2) is 18.2 Å². The molecular formula is C13H15FN2O4. The standard InChI is InChI=1S/C13H15FN2O4/c1-20-13(17)9-3-2-6-15(8-9)12-7-10(14)4-5-11(12)16(18)19/h4-5,7,9H,2-3,6,8H2,1H3. The van der Waals surface area contributed by atoms with Gasteiger partial charge in [0.15, 0.2) is 0 Å². The lowest BCUT2D eigenvalue weighted by Gasteiger charge is -2.32. The number of nitro groups is 1. The number of nitro benzene ring substituents is 1. The van der Waals surface area contributed by atoms with Gasteiger partial charge in [-0.2, -0.15) is 0 Å². The Hall–Kier alpha value is -2.18. The van der Waals surface area contributed by atoms with Gasteiger partial charge in [-0.15, -0.1) is 0 Å². The summed E-state index contributed by atoms with van der Waals surface area (Å²) in [6.07, 6.45) is 1.37. The molecule has 7 heteroatoms. The Morgan fingerprint density at radius 3 is 2.95 bits per heavy atom. The average Bonchev–Trinajstić information content (AvgIpc) is 2.46. The molecule has 0 radical (unpaired) electrons. The number of nitrogens with zero attached hydrogens (tertiary/aromatic N) is 2. The molecule has 1 atom stereocenters. The van der Waals surface area contributed by atoms with Crippen molar-refractivity contribution in [2.24, 2.45) is 5.92 Å². The largest absolute Gasteiger partial charge is 0.469 e. The molecule has 1 aliphatic rings. The fourth-order valence-electron chi connectivity index (χ4n) is 2.46. The first-order valence-electron chi connectivity index (χ1n) is 6.29. The number of methoxy groups -OCH3 is 1. The van der Waals surface area contributed by atoms with E-state index in [1.807, 2.05) is 0 Å². The number of hydrogen-bond donors (Lipinski definition) is 0. The zero-order valence-corrected chi connectivity index (χ0v) is 11.0. The number of piperidine rings is 1. The molecule has 1 fully saturated rings. The molecule has 1 aromatic rings. The summed E-state index contributed by atoms with van der Waals surface area (Å²) in [4.78, 5) is 23.7. The van der Waals surface area contributed by atoms with Gasteiger partial charge in [-0.3, -0.25) is 14.9 Å². The summed E-state index contributed by atoms with van der Waals surface area (Å²) in [5.74, 6) is -1.21.